The number of rotatable bonds is 3. The van der Waals surface area contributed by atoms with E-state index in [9.17, 15) is 4.79 Å². The standard InChI is InChI=1S/C10H14ClN3O/c1-13-9(15)6-14(2)8-5-3-4-7(11)10(8)12/h3-5H,6,12H2,1-2H3,(H,13,15). The van der Waals surface area contributed by atoms with Crippen molar-refractivity contribution in [3.05, 3.63) is 23.2 Å². The first kappa shape index (κ1) is 11.7. The Morgan fingerprint density at radius 3 is 2.87 bits per heavy atom. The van der Waals surface area contributed by atoms with Crippen LogP contribution in [0.15, 0.2) is 18.2 Å². The minimum absolute atomic E-state index is 0.0723. The third kappa shape index (κ3) is 2.76. The summed E-state index contributed by atoms with van der Waals surface area (Å²) in [5.41, 5.74) is 7.04. The average Bonchev–Trinajstić information content (AvgIpc) is 2.21. The van der Waals surface area contributed by atoms with Crippen LogP contribution in [-0.4, -0.2) is 26.5 Å². The minimum Gasteiger partial charge on any atom is -0.396 e. The molecule has 1 amide bonds. The molecule has 0 saturated heterocycles. The zero-order chi connectivity index (χ0) is 11.4. The predicted molar refractivity (Wildman–Crippen MR) is 63.2 cm³/mol. The van der Waals surface area contributed by atoms with Gasteiger partial charge < -0.3 is 16.0 Å². The van der Waals surface area contributed by atoms with Gasteiger partial charge in [0.15, 0.2) is 0 Å². The van der Waals surface area contributed by atoms with Gasteiger partial charge in [0, 0.05) is 14.1 Å². The van der Waals surface area contributed by atoms with E-state index in [4.69, 9.17) is 17.3 Å². The van der Waals surface area contributed by atoms with Crippen LogP contribution in [0.1, 0.15) is 0 Å². The van der Waals surface area contributed by atoms with Crippen LogP contribution in [0.3, 0.4) is 0 Å². The molecule has 82 valence electrons. The van der Waals surface area contributed by atoms with E-state index in [-0.39, 0.29) is 12.5 Å². The summed E-state index contributed by atoms with van der Waals surface area (Å²) in [5, 5.41) is 3.04. The van der Waals surface area contributed by atoms with Gasteiger partial charge >= 0.3 is 0 Å². The lowest BCUT2D eigenvalue weighted by Crippen LogP contribution is -2.33. The highest BCUT2D eigenvalue weighted by atomic mass is 35.5. The smallest absolute Gasteiger partial charge is 0.239 e. The second-order valence-electron chi connectivity index (χ2n) is 3.20. The summed E-state index contributed by atoms with van der Waals surface area (Å²) in [6, 6.07) is 5.34. The van der Waals surface area contributed by atoms with Crippen molar-refractivity contribution >= 4 is 28.9 Å². The summed E-state index contributed by atoms with van der Waals surface area (Å²) < 4.78 is 0. The summed E-state index contributed by atoms with van der Waals surface area (Å²) in [4.78, 5) is 12.9. The fraction of sp³-hybridized carbons (Fsp3) is 0.300. The molecular formula is C10H14ClN3O. The van der Waals surface area contributed by atoms with Crippen molar-refractivity contribution in [2.75, 3.05) is 31.3 Å². The normalized spacial score (nSPS) is 9.80. The summed E-state index contributed by atoms with van der Waals surface area (Å²) in [6.07, 6.45) is 0. The molecular weight excluding hydrogens is 214 g/mol. The zero-order valence-corrected chi connectivity index (χ0v) is 9.51. The molecule has 5 heteroatoms. The molecule has 0 aromatic heterocycles. The summed E-state index contributed by atoms with van der Waals surface area (Å²) in [7, 11) is 3.38. The number of hydrogen-bond acceptors (Lipinski definition) is 3. The summed E-state index contributed by atoms with van der Waals surface area (Å²) >= 11 is 5.88. The third-order valence-corrected chi connectivity index (χ3v) is 2.43. The van der Waals surface area contributed by atoms with E-state index in [1.54, 1.807) is 31.1 Å². The van der Waals surface area contributed by atoms with E-state index in [0.29, 0.717) is 10.7 Å². The zero-order valence-electron chi connectivity index (χ0n) is 8.75. The Bertz CT molecular complexity index is 368. The Labute approximate surface area is 94.0 Å². The van der Waals surface area contributed by atoms with Crippen molar-refractivity contribution in [3.63, 3.8) is 0 Å². The maximum Gasteiger partial charge on any atom is 0.239 e. The number of halogens is 1. The van der Waals surface area contributed by atoms with Gasteiger partial charge in [0.05, 0.1) is 22.9 Å². The van der Waals surface area contributed by atoms with Gasteiger partial charge in [-0.15, -0.1) is 0 Å². The van der Waals surface area contributed by atoms with Gasteiger partial charge in [0.1, 0.15) is 0 Å². The molecule has 0 aliphatic carbocycles. The topological polar surface area (TPSA) is 58.4 Å². The quantitative estimate of drug-likeness (QED) is 0.761. The van der Waals surface area contributed by atoms with Gasteiger partial charge in [-0.05, 0) is 12.1 Å². The van der Waals surface area contributed by atoms with Crippen molar-refractivity contribution in [3.8, 4) is 0 Å². The molecule has 0 radical (unpaired) electrons. The summed E-state index contributed by atoms with van der Waals surface area (Å²) in [6.45, 7) is 0.251. The second kappa shape index (κ2) is 4.89. The number of nitrogen functional groups attached to an aromatic ring is 1. The monoisotopic (exact) mass is 227 g/mol. The van der Waals surface area contributed by atoms with Crippen LogP contribution in [0, 0.1) is 0 Å². The Morgan fingerprint density at radius 2 is 2.27 bits per heavy atom. The van der Waals surface area contributed by atoms with Crippen molar-refractivity contribution < 1.29 is 4.79 Å². The van der Waals surface area contributed by atoms with Crippen LogP contribution in [0.4, 0.5) is 11.4 Å². The molecule has 0 spiro atoms. The highest BCUT2D eigenvalue weighted by Gasteiger charge is 2.10. The molecule has 1 rings (SSSR count). The molecule has 3 N–H and O–H groups in total. The first-order valence-electron chi connectivity index (χ1n) is 4.52. The van der Waals surface area contributed by atoms with Gasteiger partial charge in [-0.1, -0.05) is 17.7 Å². The van der Waals surface area contributed by atoms with E-state index in [1.165, 1.54) is 0 Å². The number of carbonyl (C=O) groups is 1. The van der Waals surface area contributed by atoms with Crippen molar-refractivity contribution in [1.82, 2.24) is 5.32 Å². The number of carbonyl (C=O) groups excluding carboxylic acids is 1. The lowest BCUT2D eigenvalue weighted by atomic mass is 10.2. The third-order valence-electron chi connectivity index (χ3n) is 2.10. The molecule has 0 saturated carbocycles. The fourth-order valence-corrected chi connectivity index (χ4v) is 1.41. The Morgan fingerprint density at radius 1 is 1.60 bits per heavy atom. The second-order valence-corrected chi connectivity index (χ2v) is 3.61. The molecule has 0 fully saturated rings. The summed E-state index contributed by atoms with van der Waals surface area (Å²) in [5.74, 6) is -0.0723. The molecule has 4 nitrogen and oxygen atoms in total. The maximum atomic E-state index is 11.2. The number of nitrogens with one attached hydrogen (secondary N) is 1. The molecule has 0 bridgehead atoms. The predicted octanol–water partition coefficient (Wildman–Crippen LogP) is 1.10. The number of likely N-dealkylation sites (N-methyl/N-ethyl adjacent to an activating group) is 2. The molecule has 0 heterocycles. The number of amides is 1. The van der Waals surface area contributed by atoms with Crippen molar-refractivity contribution in [2.24, 2.45) is 0 Å². The SMILES string of the molecule is CNC(=O)CN(C)c1cccc(Cl)c1N. The van der Waals surface area contributed by atoms with Crippen molar-refractivity contribution in [1.29, 1.82) is 0 Å². The molecule has 15 heavy (non-hydrogen) atoms. The van der Waals surface area contributed by atoms with Crippen molar-refractivity contribution in [2.45, 2.75) is 0 Å². The number of anilines is 2. The van der Waals surface area contributed by atoms with Gasteiger partial charge in [-0.25, -0.2) is 0 Å². The maximum absolute atomic E-state index is 11.2. The van der Waals surface area contributed by atoms with Crippen LogP contribution in [0.25, 0.3) is 0 Å². The lowest BCUT2D eigenvalue weighted by molar-refractivity contribution is -0.119. The number of hydrogen-bond donors (Lipinski definition) is 2. The molecule has 0 aliphatic heterocycles. The molecule has 1 aromatic carbocycles. The van der Waals surface area contributed by atoms with Crippen LogP contribution in [0.5, 0.6) is 0 Å². The Balaban J connectivity index is 2.86. The van der Waals surface area contributed by atoms with E-state index in [1.807, 2.05) is 6.07 Å². The van der Waals surface area contributed by atoms with E-state index in [2.05, 4.69) is 5.32 Å². The first-order valence-corrected chi connectivity index (χ1v) is 4.89. The number of benzene rings is 1. The van der Waals surface area contributed by atoms with Crippen LogP contribution < -0.4 is 16.0 Å². The van der Waals surface area contributed by atoms with E-state index in [0.717, 1.165) is 5.69 Å². The van der Waals surface area contributed by atoms with Crippen LogP contribution in [-0.2, 0) is 4.79 Å². The first-order chi connectivity index (χ1) is 7.06. The van der Waals surface area contributed by atoms with E-state index < -0.39 is 0 Å². The average molecular weight is 228 g/mol. The molecule has 0 aliphatic rings. The van der Waals surface area contributed by atoms with Gasteiger partial charge in [-0.2, -0.15) is 0 Å². The lowest BCUT2D eigenvalue weighted by Gasteiger charge is -2.20. The highest BCUT2D eigenvalue weighted by molar-refractivity contribution is 6.33. The molecule has 1 aromatic rings. The molecule has 0 unspecified atom stereocenters. The number of para-hydroxylation sites is 1. The molecule has 0 atom stereocenters. The van der Waals surface area contributed by atoms with Gasteiger partial charge in [-0.3, -0.25) is 4.79 Å². The Hall–Kier alpha value is -1.42. The minimum atomic E-state index is -0.0723. The fourth-order valence-electron chi connectivity index (χ4n) is 1.24. The largest absolute Gasteiger partial charge is 0.396 e. The van der Waals surface area contributed by atoms with E-state index >= 15 is 0 Å². The number of nitrogens with two attached hydrogens (primary N) is 1. The highest BCUT2D eigenvalue weighted by Crippen LogP contribution is 2.28. The van der Waals surface area contributed by atoms with Gasteiger partial charge in [0.25, 0.3) is 0 Å². The van der Waals surface area contributed by atoms with Gasteiger partial charge in [0.2, 0.25) is 5.91 Å². The van der Waals surface area contributed by atoms with Crippen LogP contribution >= 0.6 is 11.6 Å². The van der Waals surface area contributed by atoms with Crippen LogP contribution in [0.2, 0.25) is 5.02 Å². The number of nitrogens with zero attached hydrogens (tertiary/aromatic N) is 1. The Kier molecular flexibility index (Phi) is 3.80.